The average molecular weight is 394 g/mol. The minimum Gasteiger partial charge on any atom is -0.459 e. The first-order chi connectivity index (χ1) is 13.3. The summed E-state index contributed by atoms with van der Waals surface area (Å²) in [5.41, 5.74) is -1.68. The van der Waals surface area contributed by atoms with Gasteiger partial charge < -0.3 is 14.2 Å². The van der Waals surface area contributed by atoms with Crippen LogP contribution in [0.1, 0.15) is 58.8 Å². The van der Waals surface area contributed by atoms with Crippen LogP contribution in [0.25, 0.3) is 0 Å². The topological polar surface area (TPSA) is 78.9 Å². The first kappa shape index (κ1) is 19.4. The molecule has 0 aromatic rings. The standard InChI is InChI=1S/C21H27FO6/c1-4-20(8-6-7-9-20)27-19(25)15-13-10-12-14(15)18(24)26-16(12)21(13,5-2)28-17(23)11(3)22/h12-16H,3-10H2,1-2H3. The third-order valence-corrected chi connectivity index (χ3v) is 7.63. The molecule has 1 aliphatic heterocycles. The number of halogens is 1. The van der Waals surface area contributed by atoms with E-state index in [2.05, 4.69) is 6.58 Å². The van der Waals surface area contributed by atoms with E-state index in [-0.39, 0.29) is 5.92 Å². The van der Waals surface area contributed by atoms with Crippen LogP contribution in [0.2, 0.25) is 0 Å². The minimum absolute atomic E-state index is 0.211. The van der Waals surface area contributed by atoms with Gasteiger partial charge in [-0.3, -0.25) is 9.59 Å². The van der Waals surface area contributed by atoms with Gasteiger partial charge in [0.15, 0.2) is 5.60 Å². The Morgan fingerprint density at radius 1 is 1.21 bits per heavy atom. The van der Waals surface area contributed by atoms with Crippen molar-refractivity contribution in [3.05, 3.63) is 12.4 Å². The Bertz CT molecular complexity index is 726. The van der Waals surface area contributed by atoms with Gasteiger partial charge in [0.2, 0.25) is 5.83 Å². The summed E-state index contributed by atoms with van der Waals surface area (Å²) in [4.78, 5) is 37.8. The predicted octanol–water partition coefficient (Wildman–Crippen LogP) is 3.24. The van der Waals surface area contributed by atoms with Crippen molar-refractivity contribution in [2.75, 3.05) is 0 Å². The summed E-state index contributed by atoms with van der Waals surface area (Å²) in [6.07, 6.45) is 4.61. The molecule has 3 aliphatic carbocycles. The monoisotopic (exact) mass is 394 g/mol. The van der Waals surface area contributed by atoms with E-state index in [9.17, 15) is 18.8 Å². The second kappa shape index (κ2) is 6.56. The smallest absolute Gasteiger partial charge is 0.367 e. The van der Waals surface area contributed by atoms with Gasteiger partial charge in [-0.15, -0.1) is 0 Å². The second-order valence-electron chi connectivity index (χ2n) is 8.68. The van der Waals surface area contributed by atoms with Gasteiger partial charge in [-0.1, -0.05) is 20.4 Å². The van der Waals surface area contributed by atoms with Crippen molar-refractivity contribution in [3.63, 3.8) is 0 Å². The van der Waals surface area contributed by atoms with E-state index in [1.165, 1.54) is 0 Å². The molecular formula is C21H27FO6. The second-order valence-corrected chi connectivity index (χ2v) is 8.68. The third kappa shape index (κ3) is 2.54. The Labute approximate surface area is 163 Å². The highest BCUT2D eigenvalue weighted by Crippen LogP contribution is 2.64. The van der Waals surface area contributed by atoms with E-state index in [1.54, 1.807) is 6.92 Å². The molecule has 0 N–H and O–H groups in total. The van der Waals surface area contributed by atoms with Crippen LogP contribution in [0.15, 0.2) is 12.4 Å². The highest BCUT2D eigenvalue weighted by Gasteiger charge is 2.76. The molecule has 3 saturated carbocycles. The fourth-order valence-electron chi connectivity index (χ4n) is 6.24. The molecule has 0 radical (unpaired) electrons. The molecule has 6 unspecified atom stereocenters. The normalized spacial score (nSPS) is 39.7. The molecule has 6 nitrogen and oxygen atoms in total. The van der Waals surface area contributed by atoms with Crippen LogP contribution in [0.4, 0.5) is 4.39 Å². The molecule has 1 heterocycles. The quantitative estimate of drug-likeness (QED) is 0.391. The summed E-state index contributed by atoms with van der Waals surface area (Å²) < 4.78 is 30.4. The summed E-state index contributed by atoms with van der Waals surface area (Å²) >= 11 is 0. The Morgan fingerprint density at radius 2 is 1.89 bits per heavy atom. The van der Waals surface area contributed by atoms with Crippen LogP contribution in [-0.4, -0.2) is 35.2 Å². The molecule has 0 amide bonds. The lowest BCUT2D eigenvalue weighted by Crippen LogP contribution is -2.55. The largest absolute Gasteiger partial charge is 0.459 e. The summed E-state index contributed by atoms with van der Waals surface area (Å²) in [6.45, 7) is 6.80. The fraction of sp³-hybridized carbons (Fsp3) is 0.762. The molecule has 0 spiro atoms. The number of carbonyl (C=O) groups is 3. The zero-order chi connectivity index (χ0) is 20.3. The fourth-order valence-corrected chi connectivity index (χ4v) is 6.24. The van der Waals surface area contributed by atoms with E-state index in [0.717, 1.165) is 32.1 Å². The van der Waals surface area contributed by atoms with Crippen LogP contribution >= 0.6 is 0 Å². The number of fused-ring (bicyclic) bond motifs is 1. The highest BCUT2D eigenvalue weighted by molar-refractivity contribution is 5.88. The highest BCUT2D eigenvalue weighted by atomic mass is 19.1. The van der Waals surface area contributed by atoms with Crippen LogP contribution in [0, 0.1) is 23.7 Å². The Balaban J connectivity index is 1.65. The van der Waals surface area contributed by atoms with Crippen molar-refractivity contribution in [2.24, 2.45) is 23.7 Å². The molecule has 4 aliphatic rings. The Hall–Kier alpha value is -1.92. The zero-order valence-corrected chi connectivity index (χ0v) is 16.4. The molecular weight excluding hydrogens is 367 g/mol. The molecule has 6 atom stereocenters. The van der Waals surface area contributed by atoms with Crippen molar-refractivity contribution in [2.45, 2.75) is 76.1 Å². The maximum absolute atomic E-state index is 13.4. The lowest BCUT2D eigenvalue weighted by molar-refractivity contribution is -0.191. The molecule has 1 saturated heterocycles. The van der Waals surface area contributed by atoms with Gasteiger partial charge in [0.25, 0.3) is 0 Å². The first-order valence-electron chi connectivity index (χ1n) is 10.3. The van der Waals surface area contributed by atoms with Crippen LogP contribution in [-0.2, 0) is 28.6 Å². The lowest BCUT2D eigenvalue weighted by atomic mass is 9.70. The van der Waals surface area contributed by atoms with Crippen molar-refractivity contribution in [3.8, 4) is 0 Å². The minimum atomic E-state index is -1.21. The van der Waals surface area contributed by atoms with E-state index in [4.69, 9.17) is 14.2 Å². The molecule has 154 valence electrons. The maximum Gasteiger partial charge on any atom is 0.367 e. The van der Waals surface area contributed by atoms with Gasteiger partial charge in [0, 0.05) is 11.8 Å². The summed E-state index contributed by atoms with van der Waals surface area (Å²) in [5, 5.41) is 0. The lowest BCUT2D eigenvalue weighted by Gasteiger charge is -2.42. The number of rotatable bonds is 6. The molecule has 0 aromatic heterocycles. The maximum atomic E-state index is 13.4. The van der Waals surface area contributed by atoms with Crippen LogP contribution < -0.4 is 0 Å². The molecule has 7 heteroatoms. The van der Waals surface area contributed by atoms with Crippen molar-refractivity contribution >= 4 is 17.9 Å². The van der Waals surface area contributed by atoms with Gasteiger partial charge in [0.1, 0.15) is 11.7 Å². The Morgan fingerprint density at radius 3 is 2.46 bits per heavy atom. The summed E-state index contributed by atoms with van der Waals surface area (Å²) in [7, 11) is 0. The number of esters is 3. The van der Waals surface area contributed by atoms with Crippen molar-refractivity contribution < 1.29 is 33.0 Å². The molecule has 28 heavy (non-hydrogen) atoms. The van der Waals surface area contributed by atoms with Gasteiger partial charge in [-0.2, -0.15) is 4.39 Å². The SMILES string of the molecule is C=C(F)C(=O)OC1(CC)C2CC3C(C(=O)OC31)C2C(=O)OC1(CC)CCCC1. The van der Waals surface area contributed by atoms with E-state index < -0.39 is 58.8 Å². The zero-order valence-electron chi connectivity index (χ0n) is 16.4. The van der Waals surface area contributed by atoms with Gasteiger partial charge in [-0.05, 0) is 44.9 Å². The van der Waals surface area contributed by atoms with Gasteiger partial charge in [-0.25, -0.2) is 4.79 Å². The molecule has 2 bridgehead atoms. The molecule has 4 fully saturated rings. The van der Waals surface area contributed by atoms with E-state index in [1.807, 2.05) is 6.92 Å². The average Bonchev–Trinajstić information content (AvgIpc) is 3.39. The Kier molecular flexibility index (Phi) is 4.55. The van der Waals surface area contributed by atoms with Gasteiger partial charge in [0.05, 0.1) is 11.8 Å². The third-order valence-electron chi connectivity index (χ3n) is 7.63. The van der Waals surface area contributed by atoms with Gasteiger partial charge >= 0.3 is 17.9 Å². The first-order valence-corrected chi connectivity index (χ1v) is 10.3. The summed E-state index contributed by atoms with van der Waals surface area (Å²) in [5.74, 6) is -5.14. The molecule has 0 aromatic carbocycles. The number of ether oxygens (including phenoxy) is 3. The number of hydrogen-bond acceptors (Lipinski definition) is 6. The number of hydrogen-bond donors (Lipinski definition) is 0. The van der Waals surface area contributed by atoms with E-state index >= 15 is 0 Å². The van der Waals surface area contributed by atoms with E-state index in [0.29, 0.717) is 12.8 Å². The number of carbonyl (C=O) groups excluding carboxylic acids is 3. The van der Waals surface area contributed by atoms with Crippen LogP contribution in [0.3, 0.4) is 0 Å². The predicted molar refractivity (Wildman–Crippen MR) is 95.4 cm³/mol. The van der Waals surface area contributed by atoms with Crippen molar-refractivity contribution in [1.29, 1.82) is 0 Å². The summed E-state index contributed by atoms with van der Waals surface area (Å²) in [6, 6.07) is 0. The van der Waals surface area contributed by atoms with Crippen LogP contribution in [0.5, 0.6) is 0 Å². The molecule has 4 rings (SSSR count). The van der Waals surface area contributed by atoms with Crippen molar-refractivity contribution in [1.82, 2.24) is 0 Å².